The van der Waals surface area contributed by atoms with Crippen molar-refractivity contribution in [3.8, 4) is 0 Å². The molecule has 0 bridgehead atoms. The molecule has 0 atom stereocenters. The van der Waals surface area contributed by atoms with E-state index in [4.69, 9.17) is 28.6 Å². The lowest BCUT2D eigenvalue weighted by atomic mass is 10.2. The quantitative estimate of drug-likeness (QED) is 0.390. The van der Waals surface area contributed by atoms with E-state index in [0.717, 1.165) is 30.5 Å². The van der Waals surface area contributed by atoms with Crippen LogP contribution in [0.1, 0.15) is 24.0 Å². The molecule has 2 aromatic rings. The van der Waals surface area contributed by atoms with Crippen LogP contribution in [-0.4, -0.2) is 42.8 Å². The van der Waals surface area contributed by atoms with Crippen molar-refractivity contribution >= 4 is 47.5 Å². The van der Waals surface area contributed by atoms with Gasteiger partial charge in [-0.2, -0.15) is 10.2 Å². The molecule has 152 valence electrons. The molecule has 3 N–H and O–H groups in total. The van der Waals surface area contributed by atoms with Gasteiger partial charge in [-0.1, -0.05) is 47.5 Å². The third-order valence-corrected chi connectivity index (χ3v) is 4.33. The Bertz CT molecular complexity index is 806. The minimum atomic E-state index is -0.0459. The number of likely N-dealkylation sites (tertiary alicyclic amines) is 1. The average molecular weight is 433 g/mol. The van der Waals surface area contributed by atoms with Crippen LogP contribution in [0.4, 0.5) is 0 Å². The Labute approximate surface area is 179 Å². The second-order valence-corrected chi connectivity index (χ2v) is 7.01. The van der Waals surface area contributed by atoms with Crippen LogP contribution in [0, 0.1) is 5.41 Å². The van der Waals surface area contributed by atoms with E-state index in [9.17, 15) is 4.79 Å². The molecule has 1 saturated heterocycles. The third-order valence-electron chi connectivity index (χ3n) is 3.83. The highest BCUT2D eigenvalue weighted by Crippen LogP contribution is 2.08. The summed E-state index contributed by atoms with van der Waals surface area (Å²) in [6, 6.07) is 14.4. The van der Waals surface area contributed by atoms with Gasteiger partial charge in [-0.25, -0.2) is 10.9 Å². The van der Waals surface area contributed by atoms with E-state index in [0.29, 0.717) is 16.0 Å². The summed E-state index contributed by atoms with van der Waals surface area (Å²) in [4.78, 5) is 12.3. The third kappa shape index (κ3) is 8.76. The number of nitrogens with one attached hydrogen (secondary N) is 3. The monoisotopic (exact) mass is 432 g/mol. The van der Waals surface area contributed by atoms with Gasteiger partial charge in [-0.15, -0.1) is 0 Å². The number of hydrogen-bond donors (Lipinski definition) is 3. The highest BCUT2D eigenvalue weighted by Gasteiger charge is 2.14. The zero-order valence-corrected chi connectivity index (χ0v) is 17.4. The summed E-state index contributed by atoms with van der Waals surface area (Å²) in [5, 5.41) is 16.7. The van der Waals surface area contributed by atoms with E-state index in [1.807, 2.05) is 31.3 Å². The van der Waals surface area contributed by atoms with Crippen LogP contribution in [0.15, 0.2) is 58.7 Å². The van der Waals surface area contributed by atoms with Crippen molar-refractivity contribution in [2.75, 3.05) is 13.6 Å². The summed E-state index contributed by atoms with van der Waals surface area (Å²) < 4.78 is 0. The van der Waals surface area contributed by atoms with Gasteiger partial charge in [0.25, 0.3) is 0 Å². The first-order valence-electron chi connectivity index (χ1n) is 8.86. The lowest BCUT2D eigenvalue weighted by molar-refractivity contribution is -0.126. The molecule has 0 aromatic heterocycles. The van der Waals surface area contributed by atoms with Gasteiger partial charge < -0.3 is 4.90 Å². The lowest BCUT2D eigenvalue weighted by Crippen LogP contribution is -2.29. The molecule has 1 amide bonds. The maximum absolute atomic E-state index is 10.5. The van der Waals surface area contributed by atoms with Crippen molar-refractivity contribution in [3.05, 3.63) is 69.7 Å². The Morgan fingerprint density at radius 2 is 1.41 bits per heavy atom. The fourth-order valence-electron chi connectivity index (χ4n) is 2.25. The van der Waals surface area contributed by atoms with Gasteiger partial charge in [0.2, 0.25) is 11.9 Å². The number of halogens is 2. The number of hydrazone groups is 2. The fourth-order valence-corrected chi connectivity index (χ4v) is 2.50. The molecule has 0 radical (unpaired) electrons. The highest BCUT2D eigenvalue weighted by atomic mass is 35.5. The largest absolute Gasteiger partial charge is 0.346 e. The Kier molecular flexibility index (Phi) is 9.14. The maximum Gasteiger partial charge on any atom is 0.230 e. The van der Waals surface area contributed by atoms with E-state index in [2.05, 4.69) is 21.1 Å². The van der Waals surface area contributed by atoms with Crippen molar-refractivity contribution in [2.45, 2.75) is 12.8 Å². The Hall–Kier alpha value is -2.90. The van der Waals surface area contributed by atoms with Gasteiger partial charge in [0.05, 0.1) is 12.4 Å². The molecule has 29 heavy (non-hydrogen) atoms. The van der Waals surface area contributed by atoms with Crippen LogP contribution in [0.5, 0.6) is 0 Å². The molecule has 7 nitrogen and oxygen atoms in total. The summed E-state index contributed by atoms with van der Waals surface area (Å²) in [5.41, 5.74) is 6.77. The summed E-state index contributed by atoms with van der Waals surface area (Å²) in [6.45, 7) is 0.957. The van der Waals surface area contributed by atoms with Crippen LogP contribution in [0.3, 0.4) is 0 Å². The van der Waals surface area contributed by atoms with E-state index in [1.165, 1.54) is 0 Å². The van der Waals surface area contributed by atoms with Crippen LogP contribution in [0.2, 0.25) is 10.0 Å². The number of amides is 1. The molecule has 1 heterocycles. The van der Waals surface area contributed by atoms with Gasteiger partial charge >= 0.3 is 0 Å². The molecule has 1 aliphatic heterocycles. The molecule has 1 fully saturated rings. The lowest BCUT2D eigenvalue weighted by Gasteiger charge is -2.03. The SMILES string of the molecule is CN1CCCC1=O.N=C(N/N=C/c1ccc(Cl)cc1)N/N=C/c1ccc(Cl)cc1. The number of benzene rings is 2. The molecule has 3 rings (SSSR count). The van der Waals surface area contributed by atoms with Crippen molar-refractivity contribution in [2.24, 2.45) is 10.2 Å². The second kappa shape index (κ2) is 11.8. The minimum absolute atomic E-state index is 0.0459. The van der Waals surface area contributed by atoms with Gasteiger partial charge in [0.15, 0.2) is 0 Å². The first-order chi connectivity index (χ1) is 13.9. The molecule has 0 saturated carbocycles. The molecular weight excluding hydrogens is 411 g/mol. The standard InChI is InChI=1S/C15H13Cl2N5.C5H9NO/c16-13-5-1-11(2-6-13)9-19-21-15(18)22-20-10-12-3-7-14(17)8-4-12;1-6-4-2-3-5(6)7/h1-10H,(H3,18,21,22);2-4H2,1H3/b19-9+,20-10+;. The summed E-state index contributed by atoms with van der Waals surface area (Å²) >= 11 is 11.6. The first kappa shape index (κ1) is 22.4. The predicted molar refractivity (Wildman–Crippen MR) is 119 cm³/mol. The number of carbonyl (C=O) groups excluding carboxylic acids is 1. The topological polar surface area (TPSA) is 92.9 Å². The molecule has 9 heteroatoms. The second-order valence-electron chi connectivity index (χ2n) is 6.14. The van der Waals surface area contributed by atoms with E-state index in [-0.39, 0.29) is 5.96 Å². The van der Waals surface area contributed by atoms with Crippen LogP contribution in [-0.2, 0) is 4.79 Å². The zero-order chi connectivity index (χ0) is 21.1. The number of carbonyl (C=O) groups is 1. The van der Waals surface area contributed by atoms with Crippen LogP contribution < -0.4 is 10.9 Å². The molecule has 2 aromatic carbocycles. The number of guanidine groups is 1. The van der Waals surface area contributed by atoms with Crippen molar-refractivity contribution < 1.29 is 4.79 Å². The molecule has 0 unspecified atom stereocenters. The maximum atomic E-state index is 10.5. The molecule has 0 aliphatic carbocycles. The summed E-state index contributed by atoms with van der Waals surface area (Å²) in [5.74, 6) is 0.246. The van der Waals surface area contributed by atoms with Gasteiger partial charge in [0.1, 0.15) is 0 Å². The Morgan fingerprint density at radius 3 is 1.72 bits per heavy atom. The fraction of sp³-hybridized carbons (Fsp3) is 0.200. The average Bonchev–Trinajstić information content (AvgIpc) is 3.08. The molecule has 1 aliphatic rings. The summed E-state index contributed by atoms with van der Waals surface area (Å²) in [6.07, 6.45) is 4.97. The van der Waals surface area contributed by atoms with Crippen molar-refractivity contribution in [1.29, 1.82) is 5.41 Å². The highest BCUT2D eigenvalue weighted by molar-refractivity contribution is 6.30. The van der Waals surface area contributed by atoms with E-state index < -0.39 is 0 Å². The van der Waals surface area contributed by atoms with Gasteiger partial charge in [-0.05, 0) is 41.8 Å². The molecular formula is C20H22Cl2N6O. The van der Waals surface area contributed by atoms with E-state index in [1.54, 1.807) is 41.6 Å². The van der Waals surface area contributed by atoms with Gasteiger partial charge in [0, 0.05) is 30.1 Å². The van der Waals surface area contributed by atoms with E-state index >= 15 is 0 Å². The first-order valence-corrected chi connectivity index (χ1v) is 9.61. The van der Waals surface area contributed by atoms with Crippen molar-refractivity contribution in [1.82, 2.24) is 15.8 Å². The Balaban J connectivity index is 0.000000360. The predicted octanol–water partition coefficient (Wildman–Crippen LogP) is 3.71. The smallest absolute Gasteiger partial charge is 0.230 e. The number of nitrogens with zero attached hydrogens (tertiary/aromatic N) is 3. The number of rotatable bonds is 4. The van der Waals surface area contributed by atoms with Gasteiger partial charge in [-0.3, -0.25) is 10.2 Å². The van der Waals surface area contributed by atoms with Crippen molar-refractivity contribution in [3.63, 3.8) is 0 Å². The Morgan fingerprint density at radius 1 is 0.966 bits per heavy atom. The summed E-state index contributed by atoms with van der Waals surface area (Å²) in [7, 11) is 1.84. The zero-order valence-electron chi connectivity index (χ0n) is 15.9. The number of hydrogen-bond acceptors (Lipinski definition) is 4. The van der Waals surface area contributed by atoms with Crippen LogP contribution >= 0.6 is 23.2 Å². The van der Waals surface area contributed by atoms with Crippen LogP contribution in [0.25, 0.3) is 0 Å². The minimum Gasteiger partial charge on any atom is -0.346 e. The molecule has 0 spiro atoms. The normalized spacial score (nSPS) is 13.5.